The highest BCUT2D eigenvalue weighted by atomic mass is 32.2. The van der Waals surface area contributed by atoms with Crippen molar-refractivity contribution in [1.29, 1.82) is 0 Å². The molecule has 0 spiro atoms. The molecule has 0 aromatic carbocycles. The van der Waals surface area contributed by atoms with Gasteiger partial charge in [0.25, 0.3) is 0 Å². The summed E-state index contributed by atoms with van der Waals surface area (Å²) in [7, 11) is 5.89. The Morgan fingerprint density at radius 2 is 1.10 bits per heavy atom. The monoisotopic (exact) mass is 1030 g/mol. The third-order valence-electron chi connectivity index (χ3n) is 10.0. The fourth-order valence-electron chi connectivity index (χ4n) is 6.10. The summed E-state index contributed by atoms with van der Waals surface area (Å²) in [5.41, 5.74) is 27.3. The average Bonchev–Trinajstić information content (AvgIpc) is 3.28. The molecule has 0 aliphatic rings. The van der Waals surface area contributed by atoms with Crippen LogP contribution >= 0.6 is 11.8 Å². The number of primary amides is 1. The van der Waals surface area contributed by atoms with Crippen molar-refractivity contribution in [1.82, 2.24) is 42.5 Å². The van der Waals surface area contributed by atoms with Crippen LogP contribution in [0.4, 0.5) is 0 Å². The van der Waals surface area contributed by atoms with Gasteiger partial charge in [-0.25, -0.2) is 9.59 Å². The van der Waals surface area contributed by atoms with Gasteiger partial charge in [-0.1, -0.05) is 0 Å². The fourth-order valence-corrected chi connectivity index (χ4v) is 7.10. The van der Waals surface area contributed by atoms with Crippen LogP contribution in [0.2, 0.25) is 0 Å². The summed E-state index contributed by atoms with van der Waals surface area (Å²) >= 11 is 0.957. The minimum Gasteiger partial charge on any atom is -0.480 e. The first-order valence-electron chi connectivity index (χ1n) is 22.8. The van der Waals surface area contributed by atoms with Crippen LogP contribution in [0.5, 0.6) is 0 Å². The first-order chi connectivity index (χ1) is 33.2. The summed E-state index contributed by atoms with van der Waals surface area (Å²) in [6.07, 6.45) is 2.49. The number of quaternary nitrogens is 1. The number of carbonyl (C=O) groups excluding carboxylic acids is 9. The zero-order chi connectivity index (χ0) is 54.3. The lowest BCUT2D eigenvalue weighted by Crippen LogP contribution is -2.59. The maximum absolute atomic E-state index is 13.9. The summed E-state index contributed by atoms with van der Waals surface area (Å²) in [6, 6.07) is -9.30. The van der Waals surface area contributed by atoms with Crippen molar-refractivity contribution in [2.45, 2.75) is 113 Å². The Hall–Kier alpha value is -6.37. The number of carboxylic acids is 2. The van der Waals surface area contributed by atoms with Gasteiger partial charge in [-0.05, 0) is 83.4 Å². The second-order valence-electron chi connectivity index (χ2n) is 17.4. The van der Waals surface area contributed by atoms with Crippen LogP contribution in [0.25, 0.3) is 0 Å². The van der Waals surface area contributed by atoms with Crippen molar-refractivity contribution in [3.05, 3.63) is 0 Å². The van der Waals surface area contributed by atoms with Crippen molar-refractivity contribution >= 4 is 82.8 Å². The molecule has 71 heavy (non-hydrogen) atoms. The highest BCUT2D eigenvalue weighted by Gasteiger charge is 2.32. The molecule has 0 unspecified atom stereocenters. The molecule has 9 amide bonds. The molecule has 404 valence electrons. The molecular formula is C41H76N15O14S+. The molecule has 0 aliphatic heterocycles. The Bertz CT molecular complexity index is 1830. The van der Waals surface area contributed by atoms with E-state index in [1.165, 1.54) is 6.92 Å². The predicted octanol–water partition coefficient (Wildman–Crippen LogP) is -7.31. The van der Waals surface area contributed by atoms with E-state index < -0.39 is 127 Å². The molecule has 29 nitrogen and oxygen atoms in total. The maximum Gasteiger partial charge on any atom is 0.394 e. The highest BCUT2D eigenvalue weighted by Crippen LogP contribution is 2.11. The lowest BCUT2D eigenvalue weighted by Gasteiger charge is -2.27. The Morgan fingerprint density at radius 1 is 0.592 bits per heavy atom. The van der Waals surface area contributed by atoms with Gasteiger partial charge in [0.1, 0.15) is 36.3 Å². The summed E-state index contributed by atoms with van der Waals surface area (Å²) < 4.78 is 0.593. The number of amides is 9. The van der Waals surface area contributed by atoms with Crippen molar-refractivity contribution in [2.24, 2.45) is 33.7 Å². The van der Waals surface area contributed by atoms with Crippen LogP contribution in [-0.4, -0.2) is 205 Å². The van der Waals surface area contributed by atoms with Crippen molar-refractivity contribution in [2.75, 3.05) is 72.0 Å². The van der Waals surface area contributed by atoms with Gasteiger partial charge in [0.2, 0.25) is 47.3 Å². The summed E-state index contributed by atoms with van der Waals surface area (Å²) in [5.74, 6) is -12.1. The van der Waals surface area contributed by atoms with E-state index in [0.29, 0.717) is 43.3 Å². The molecule has 21 N–H and O–H groups in total. The quantitative estimate of drug-likeness (QED) is 0.00904. The molecule has 0 bridgehead atoms. The number of carboxylic acid groups (broad SMARTS) is 2. The van der Waals surface area contributed by atoms with Gasteiger partial charge in [0, 0.05) is 12.3 Å². The second-order valence-corrected chi connectivity index (χ2v) is 18.5. The third-order valence-corrected chi connectivity index (χ3v) is 11.1. The molecular weight excluding hydrogens is 959 g/mol. The number of aliphatic imine (C=N–C) groups is 1. The maximum atomic E-state index is 13.9. The molecule has 0 saturated heterocycles. The molecule has 30 heteroatoms. The van der Waals surface area contributed by atoms with E-state index in [1.807, 2.05) is 26.5 Å². The van der Waals surface area contributed by atoms with Crippen LogP contribution < -0.4 is 71.2 Å². The average molecular weight is 1040 g/mol. The van der Waals surface area contributed by atoms with Crippen molar-refractivity contribution in [3.63, 3.8) is 0 Å². The molecule has 0 fully saturated rings. The Morgan fingerprint density at radius 3 is 1.62 bits per heavy atom. The number of carbonyl (C=O) groups is 11. The number of unbranched alkanes of at least 4 members (excludes halogenated alkanes) is 2. The van der Waals surface area contributed by atoms with E-state index in [-0.39, 0.29) is 62.5 Å². The number of aliphatic carboxylic acids is 2. The zero-order valence-corrected chi connectivity index (χ0v) is 41.6. The lowest BCUT2D eigenvalue weighted by atomic mass is 10.0. The van der Waals surface area contributed by atoms with Gasteiger partial charge in [-0.3, -0.25) is 48.1 Å². The topological polar surface area (TPSA) is 487 Å². The SMILES string of the molecule is C[C@H](N)C(=O)N[C@@H](CCCN=C(N)N)C(=O)N[C@@H](CCCC[N+](C)(C)C)C(=O)N[C@@H](CO)C(=O)N[C@@H](CCCSC[C@H](NC(=O)C(=O)O)C(=O)O)C(=O)NCC(=O)NCC(=O)N[C@@H](CCCCN)C(N)=O. The minimum atomic E-state index is -1.90. The summed E-state index contributed by atoms with van der Waals surface area (Å²) in [4.78, 5) is 142. The number of nitrogens with two attached hydrogens (primary N) is 5. The van der Waals surface area contributed by atoms with E-state index in [1.54, 1.807) is 0 Å². The molecule has 0 heterocycles. The number of nitrogens with zero attached hydrogens (tertiary/aromatic N) is 2. The van der Waals surface area contributed by atoms with Crippen LogP contribution in [0.15, 0.2) is 4.99 Å². The number of thioether (sulfide) groups is 1. The molecule has 0 aliphatic carbocycles. The summed E-state index contributed by atoms with van der Waals surface area (Å²) in [5, 5.41) is 47.4. The van der Waals surface area contributed by atoms with Gasteiger partial charge in [-0.2, -0.15) is 11.8 Å². The Labute approximate surface area is 416 Å². The van der Waals surface area contributed by atoms with Gasteiger partial charge in [0.15, 0.2) is 5.96 Å². The van der Waals surface area contributed by atoms with Gasteiger partial charge in [0.05, 0.1) is 53.4 Å². The number of hydrogen-bond donors (Lipinski definition) is 16. The van der Waals surface area contributed by atoms with Gasteiger partial charge >= 0.3 is 17.8 Å². The number of hydrogen-bond acceptors (Lipinski definition) is 16. The number of guanidine groups is 1. The number of aliphatic hydroxyl groups excluding tert-OH is 1. The molecule has 0 aromatic rings. The Balaban J connectivity index is 6.31. The number of nitrogens with one attached hydrogen (secondary N) is 8. The lowest BCUT2D eigenvalue weighted by molar-refractivity contribution is -0.870. The van der Waals surface area contributed by atoms with Crippen LogP contribution in [0.1, 0.15) is 71.1 Å². The van der Waals surface area contributed by atoms with E-state index in [4.69, 9.17) is 33.8 Å². The molecule has 0 radical (unpaired) electrons. The van der Waals surface area contributed by atoms with Crippen LogP contribution in [0.3, 0.4) is 0 Å². The first kappa shape index (κ1) is 64.6. The second kappa shape index (κ2) is 34.8. The molecule has 0 rings (SSSR count). The van der Waals surface area contributed by atoms with E-state index in [9.17, 15) is 63.0 Å². The Kier molecular flexibility index (Phi) is 31.7. The van der Waals surface area contributed by atoms with E-state index in [2.05, 4.69) is 42.2 Å². The van der Waals surface area contributed by atoms with Crippen LogP contribution in [0, 0.1) is 0 Å². The standard InChI is InChI=1S/C41H75N15O14S/c1-23(43)33(61)51-27(13-9-16-47-41(45)46)35(63)53-26(12-6-8-17-56(2,3)4)36(64)54-28(21-57)37(65)52-25(14-10-18-71-22-29(39(67)68)55-38(66)40(69)70)34(62)49-19-30(58)48-20-31(59)50-24(32(44)60)11-5-7-15-42/h23-29,57H,5-22,42-43H2,1-4H3,(H15-,44,45,46,47,48,49,50,51,52,53,54,55,58,59,60,61,62,63,64,65,66,67,68,69,70)/p+1/t23-,24-,25-,26-,27-,28-,29-/m0/s1. The minimum absolute atomic E-state index is 0.0340. The van der Waals surface area contributed by atoms with Gasteiger partial charge in [-0.15, -0.1) is 0 Å². The highest BCUT2D eigenvalue weighted by molar-refractivity contribution is 7.99. The normalized spacial score (nSPS) is 14.0. The smallest absolute Gasteiger partial charge is 0.394 e. The largest absolute Gasteiger partial charge is 0.480 e. The molecule has 0 aromatic heterocycles. The van der Waals surface area contributed by atoms with Gasteiger partial charge < -0.3 is 91.0 Å². The zero-order valence-electron chi connectivity index (χ0n) is 40.8. The predicted molar refractivity (Wildman–Crippen MR) is 259 cm³/mol. The number of aliphatic hydroxyl groups is 1. The van der Waals surface area contributed by atoms with E-state index >= 15 is 0 Å². The fraction of sp³-hybridized carbons (Fsp3) is 0.707. The van der Waals surface area contributed by atoms with Crippen LogP contribution in [-0.2, 0) is 52.7 Å². The third kappa shape index (κ3) is 30.1. The summed E-state index contributed by atoms with van der Waals surface area (Å²) in [6.45, 7) is 0.241. The first-order valence-corrected chi connectivity index (χ1v) is 24.0. The molecule has 0 saturated carbocycles. The number of rotatable bonds is 37. The van der Waals surface area contributed by atoms with E-state index in [0.717, 1.165) is 11.8 Å². The van der Waals surface area contributed by atoms with Crippen molar-refractivity contribution in [3.8, 4) is 0 Å². The van der Waals surface area contributed by atoms with Crippen molar-refractivity contribution < 1.29 is 72.5 Å². The molecule has 7 atom stereocenters.